The third kappa shape index (κ3) is 2.58. The molecule has 3 rings (SSSR count). The molecule has 5 nitrogen and oxygen atoms in total. The van der Waals surface area contributed by atoms with Crippen molar-refractivity contribution in [1.29, 1.82) is 0 Å². The summed E-state index contributed by atoms with van der Waals surface area (Å²) in [5, 5.41) is 7.97. The van der Waals surface area contributed by atoms with E-state index in [2.05, 4.69) is 22.5 Å². The lowest BCUT2D eigenvalue weighted by atomic mass is 10.0. The van der Waals surface area contributed by atoms with Crippen LogP contribution in [-0.2, 0) is 30.7 Å². The van der Waals surface area contributed by atoms with E-state index in [0.29, 0.717) is 0 Å². The molecule has 0 unspecified atom stereocenters. The molecular formula is C15H18N4O. The predicted molar refractivity (Wildman–Crippen MR) is 76.1 cm³/mol. The Bertz CT molecular complexity index is 618. The Balaban J connectivity index is 1.94. The second-order valence-electron chi connectivity index (χ2n) is 5.09. The fourth-order valence-corrected chi connectivity index (χ4v) is 2.70. The number of nitrogens with one attached hydrogen (secondary N) is 1. The van der Waals surface area contributed by atoms with Gasteiger partial charge in [0.25, 0.3) is 0 Å². The third-order valence-electron chi connectivity index (χ3n) is 3.61. The number of amides is 1. The van der Waals surface area contributed by atoms with E-state index in [1.54, 1.807) is 4.68 Å². The van der Waals surface area contributed by atoms with Crippen molar-refractivity contribution in [2.75, 3.05) is 6.54 Å². The maximum Gasteiger partial charge on any atom is 0.239 e. The highest BCUT2D eigenvalue weighted by Crippen LogP contribution is 2.21. The summed E-state index contributed by atoms with van der Waals surface area (Å²) >= 11 is 0. The van der Waals surface area contributed by atoms with Gasteiger partial charge in [0, 0.05) is 37.2 Å². The molecule has 5 heteroatoms. The molecule has 1 aromatic heterocycles. The Kier molecular flexibility index (Phi) is 3.52. The Morgan fingerprint density at radius 3 is 2.90 bits per heavy atom. The first kappa shape index (κ1) is 12.9. The maximum absolute atomic E-state index is 11.2. The van der Waals surface area contributed by atoms with Crippen LogP contribution in [0.25, 0.3) is 0 Å². The Hall–Kier alpha value is -2.14. The molecule has 3 N–H and O–H groups in total. The smallest absolute Gasteiger partial charge is 0.239 e. The molecular weight excluding hydrogens is 252 g/mol. The van der Waals surface area contributed by atoms with Crippen LogP contribution in [-0.4, -0.2) is 22.2 Å². The summed E-state index contributed by atoms with van der Waals surface area (Å²) in [5.74, 6) is -0.347. The van der Waals surface area contributed by atoms with Gasteiger partial charge in [-0.15, -0.1) is 0 Å². The molecule has 1 aliphatic rings. The minimum atomic E-state index is -0.347. The van der Waals surface area contributed by atoms with Crippen molar-refractivity contribution in [1.82, 2.24) is 15.1 Å². The van der Waals surface area contributed by atoms with Crippen molar-refractivity contribution in [2.24, 2.45) is 5.73 Å². The summed E-state index contributed by atoms with van der Waals surface area (Å²) < 4.78 is 1.77. The quantitative estimate of drug-likeness (QED) is 0.854. The molecule has 1 aromatic carbocycles. The Labute approximate surface area is 117 Å². The molecule has 0 atom stereocenters. The highest BCUT2D eigenvalue weighted by Gasteiger charge is 2.21. The zero-order valence-corrected chi connectivity index (χ0v) is 11.3. The molecule has 0 radical (unpaired) electrons. The highest BCUT2D eigenvalue weighted by molar-refractivity contribution is 5.73. The highest BCUT2D eigenvalue weighted by atomic mass is 16.1. The van der Waals surface area contributed by atoms with Gasteiger partial charge in [0.2, 0.25) is 5.91 Å². The monoisotopic (exact) mass is 270 g/mol. The molecule has 0 bridgehead atoms. The number of fused-ring (bicyclic) bond motifs is 1. The molecule has 1 aliphatic heterocycles. The van der Waals surface area contributed by atoms with Crippen molar-refractivity contribution in [3.63, 3.8) is 0 Å². The van der Waals surface area contributed by atoms with Crippen LogP contribution in [0.2, 0.25) is 0 Å². The van der Waals surface area contributed by atoms with Crippen molar-refractivity contribution < 1.29 is 4.79 Å². The van der Waals surface area contributed by atoms with Crippen molar-refractivity contribution in [2.45, 2.75) is 25.9 Å². The fourth-order valence-electron chi connectivity index (χ4n) is 2.70. The number of carbonyl (C=O) groups is 1. The fraction of sp³-hybridized carbons (Fsp3) is 0.333. The van der Waals surface area contributed by atoms with Gasteiger partial charge in [-0.1, -0.05) is 30.3 Å². The SMILES string of the molecule is NC(=O)Cn1nc(Cc2ccccc2)c2c1CCNC2. The van der Waals surface area contributed by atoms with Gasteiger partial charge in [-0.3, -0.25) is 9.48 Å². The summed E-state index contributed by atoms with van der Waals surface area (Å²) in [4.78, 5) is 11.2. The molecule has 0 saturated heterocycles. The van der Waals surface area contributed by atoms with E-state index >= 15 is 0 Å². The molecule has 104 valence electrons. The second kappa shape index (κ2) is 5.46. The minimum absolute atomic E-state index is 0.164. The van der Waals surface area contributed by atoms with Crippen LogP contribution in [0.15, 0.2) is 30.3 Å². The van der Waals surface area contributed by atoms with Crippen molar-refractivity contribution >= 4 is 5.91 Å². The predicted octanol–water partition coefficient (Wildman–Crippen LogP) is 0.605. The number of aromatic nitrogens is 2. The van der Waals surface area contributed by atoms with E-state index in [1.165, 1.54) is 11.1 Å². The number of nitrogens with zero attached hydrogens (tertiary/aromatic N) is 2. The number of hydrogen-bond acceptors (Lipinski definition) is 3. The maximum atomic E-state index is 11.2. The molecule has 1 amide bonds. The first-order valence-corrected chi connectivity index (χ1v) is 6.84. The largest absolute Gasteiger partial charge is 0.368 e. The van der Waals surface area contributed by atoms with Crippen molar-refractivity contribution in [3.8, 4) is 0 Å². The Morgan fingerprint density at radius 2 is 2.15 bits per heavy atom. The van der Waals surface area contributed by atoms with Crippen LogP contribution in [0.1, 0.15) is 22.5 Å². The molecule has 20 heavy (non-hydrogen) atoms. The van der Waals surface area contributed by atoms with Gasteiger partial charge >= 0.3 is 0 Å². The van der Waals surface area contributed by atoms with E-state index in [4.69, 9.17) is 5.73 Å². The van der Waals surface area contributed by atoms with Crippen LogP contribution in [0.4, 0.5) is 0 Å². The lowest BCUT2D eigenvalue weighted by Gasteiger charge is -2.15. The van der Waals surface area contributed by atoms with Crippen LogP contribution < -0.4 is 11.1 Å². The topological polar surface area (TPSA) is 72.9 Å². The van der Waals surface area contributed by atoms with Crippen LogP contribution in [0.3, 0.4) is 0 Å². The van der Waals surface area contributed by atoms with E-state index < -0.39 is 0 Å². The number of hydrogen-bond donors (Lipinski definition) is 2. The summed E-state index contributed by atoms with van der Waals surface area (Å²) in [6, 6.07) is 10.2. The normalized spacial score (nSPS) is 14.0. The average molecular weight is 270 g/mol. The number of rotatable bonds is 4. The minimum Gasteiger partial charge on any atom is -0.368 e. The van der Waals surface area contributed by atoms with Gasteiger partial charge in [-0.05, 0) is 5.56 Å². The Morgan fingerprint density at radius 1 is 1.35 bits per heavy atom. The van der Waals surface area contributed by atoms with Gasteiger partial charge in [-0.2, -0.15) is 5.10 Å². The summed E-state index contributed by atoms with van der Waals surface area (Å²) in [5.41, 5.74) is 9.94. The summed E-state index contributed by atoms with van der Waals surface area (Å²) in [7, 11) is 0. The van der Waals surface area contributed by atoms with Crippen molar-refractivity contribution in [3.05, 3.63) is 52.8 Å². The molecule has 0 aliphatic carbocycles. The van der Waals surface area contributed by atoms with Gasteiger partial charge in [0.05, 0.1) is 5.69 Å². The van der Waals surface area contributed by atoms with Gasteiger partial charge in [-0.25, -0.2) is 0 Å². The van der Waals surface area contributed by atoms with Crippen LogP contribution >= 0.6 is 0 Å². The molecule has 0 fully saturated rings. The number of benzene rings is 1. The lowest BCUT2D eigenvalue weighted by molar-refractivity contribution is -0.118. The number of carbonyl (C=O) groups excluding carboxylic acids is 1. The van der Waals surface area contributed by atoms with Crippen LogP contribution in [0.5, 0.6) is 0 Å². The standard InChI is InChI=1S/C15H18N4O/c16-15(20)10-19-14-6-7-17-9-12(14)13(18-19)8-11-4-2-1-3-5-11/h1-5,17H,6-10H2,(H2,16,20). The number of primary amides is 1. The van der Waals surface area contributed by atoms with E-state index in [9.17, 15) is 4.79 Å². The lowest BCUT2D eigenvalue weighted by Crippen LogP contribution is -2.27. The number of nitrogens with two attached hydrogens (primary N) is 1. The molecule has 0 saturated carbocycles. The zero-order chi connectivity index (χ0) is 13.9. The second-order valence-corrected chi connectivity index (χ2v) is 5.09. The first-order valence-electron chi connectivity index (χ1n) is 6.84. The van der Waals surface area contributed by atoms with Gasteiger partial charge < -0.3 is 11.1 Å². The summed E-state index contributed by atoms with van der Waals surface area (Å²) in [6.07, 6.45) is 1.68. The van der Waals surface area contributed by atoms with E-state index in [-0.39, 0.29) is 12.5 Å². The molecule has 0 spiro atoms. The summed E-state index contributed by atoms with van der Waals surface area (Å²) in [6.45, 7) is 1.90. The van der Waals surface area contributed by atoms with Crippen LogP contribution in [0, 0.1) is 0 Å². The van der Waals surface area contributed by atoms with Gasteiger partial charge in [0.1, 0.15) is 6.54 Å². The first-order chi connectivity index (χ1) is 9.74. The zero-order valence-electron chi connectivity index (χ0n) is 11.3. The molecule has 2 heterocycles. The van der Waals surface area contributed by atoms with E-state index in [1.807, 2.05) is 18.2 Å². The third-order valence-corrected chi connectivity index (χ3v) is 3.61. The van der Waals surface area contributed by atoms with Gasteiger partial charge in [0.15, 0.2) is 0 Å². The molecule has 2 aromatic rings. The average Bonchev–Trinajstić information content (AvgIpc) is 2.78. The van der Waals surface area contributed by atoms with E-state index in [0.717, 1.165) is 37.3 Å².